The van der Waals surface area contributed by atoms with Gasteiger partial charge in [-0.1, -0.05) is 17.3 Å². The maximum atomic E-state index is 8.38. The maximum absolute atomic E-state index is 8.38. The van der Waals surface area contributed by atoms with E-state index in [0.717, 1.165) is 11.1 Å². The highest BCUT2D eigenvalue weighted by atomic mass is 16.5. The highest BCUT2D eigenvalue weighted by Gasteiger charge is 2.01. The number of rotatable bonds is 2. The first-order chi connectivity index (χ1) is 5.79. The number of ether oxygens (including phenoxy) is 1. The first-order valence-corrected chi connectivity index (χ1v) is 3.60. The van der Waals surface area contributed by atoms with Gasteiger partial charge in [-0.05, 0) is 18.6 Å². The number of aryl methyl sites for hydroxylation is 1. The van der Waals surface area contributed by atoms with Crippen LogP contribution in [0.15, 0.2) is 23.4 Å². The molecule has 0 saturated carbocycles. The molecule has 0 aliphatic carbocycles. The Labute approximate surface area is 71.3 Å². The standard InChI is InChI=1S/C9H11NO2/c1-7-4-3-5-9(12-2)8(7)6-10-11/h3-6,11H,1-2H3. The third-order valence-electron chi connectivity index (χ3n) is 1.69. The number of nitrogens with zero attached hydrogens (tertiary/aromatic N) is 1. The Hall–Kier alpha value is -1.51. The van der Waals surface area contributed by atoms with Crippen LogP contribution in [0.3, 0.4) is 0 Å². The number of methoxy groups -OCH3 is 1. The summed E-state index contributed by atoms with van der Waals surface area (Å²) >= 11 is 0. The number of oxime groups is 1. The molecule has 12 heavy (non-hydrogen) atoms. The zero-order valence-electron chi connectivity index (χ0n) is 7.11. The first-order valence-electron chi connectivity index (χ1n) is 3.60. The van der Waals surface area contributed by atoms with Crippen LogP contribution in [0.5, 0.6) is 5.75 Å². The van der Waals surface area contributed by atoms with Crippen molar-refractivity contribution in [2.45, 2.75) is 6.92 Å². The predicted molar refractivity (Wildman–Crippen MR) is 47.1 cm³/mol. The number of hydrogen-bond acceptors (Lipinski definition) is 3. The molecule has 0 atom stereocenters. The highest BCUT2D eigenvalue weighted by molar-refractivity contribution is 5.85. The number of hydrogen-bond donors (Lipinski definition) is 1. The van der Waals surface area contributed by atoms with Crippen molar-refractivity contribution in [2.75, 3.05) is 7.11 Å². The molecule has 0 amide bonds. The Balaban J connectivity index is 3.19. The van der Waals surface area contributed by atoms with Crippen molar-refractivity contribution in [3.63, 3.8) is 0 Å². The third-order valence-corrected chi connectivity index (χ3v) is 1.69. The lowest BCUT2D eigenvalue weighted by molar-refractivity contribution is 0.321. The van der Waals surface area contributed by atoms with Gasteiger partial charge in [-0.15, -0.1) is 0 Å². The average molecular weight is 165 g/mol. The molecular formula is C9H11NO2. The topological polar surface area (TPSA) is 41.8 Å². The smallest absolute Gasteiger partial charge is 0.128 e. The van der Waals surface area contributed by atoms with Gasteiger partial charge >= 0.3 is 0 Å². The fraction of sp³-hybridized carbons (Fsp3) is 0.222. The molecular weight excluding hydrogens is 154 g/mol. The minimum absolute atomic E-state index is 0.716. The molecule has 0 spiro atoms. The molecule has 0 heterocycles. The summed E-state index contributed by atoms with van der Waals surface area (Å²) in [6.45, 7) is 1.93. The van der Waals surface area contributed by atoms with Crippen molar-refractivity contribution in [3.05, 3.63) is 29.3 Å². The zero-order valence-corrected chi connectivity index (χ0v) is 7.11. The monoisotopic (exact) mass is 165 g/mol. The van der Waals surface area contributed by atoms with Crippen molar-refractivity contribution in [3.8, 4) is 5.75 Å². The van der Waals surface area contributed by atoms with Gasteiger partial charge in [0.05, 0.1) is 13.3 Å². The van der Waals surface area contributed by atoms with Crippen LogP contribution in [0, 0.1) is 6.92 Å². The van der Waals surface area contributed by atoms with Gasteiger partial charge in [-0.25, -0.2) is 0 Å². The Morgan fingerprint density at radius 3 is 2.83 bits per heavy atom. The van der Waals surface area contributed by atoms with Crippen LogP contribution in [-0.2, 0) is 0 Å². The molecule has 0 fully saturated rings. The van der Waals surface area contributed by atoms with Gasteiger partial charge in [0.15, 0.2) is 0 Å². The van der Waals surface area contributed by atoms with Crippen LogP contribution in [0.4, 0.5) is 0 Å². The van der Waals surface area contributed by atoms with Crippen LogP contribution in [0.1, 0.15) is 11.1 Å². The molecule has 0 aliphatic rings. The van der Waals surface area contributed by atoms with Crippen LogP contribution in [0.25, 0.3) is 0 Å². The quantitative estimate of drug-likeness (QED) is 0.412. The van der Waals surface area contributed by atoms with E-state index in [1.807, 2.05) is 25.1 Å². The molecule has 1 aromatic carbocycles. The van der Waals surface area contributed by atoms with Crippen LogP contribution < -0.4 is 4.74 Å². The fourth-order valence-electron chi connectivity index (χ4n) is 1.05. The fourth-order valence-corrected chi connectivity index (χ4v) is 1.05. The molecule has 1 N–H and O–H groups in total. The van der Waals surface area contributed by atoms with Crippen LogP contribution in [-0.4, -0.2) is 18.5 Å². The molecule has 1 rings (SSSR count). The second-order valence-electron chi connectivity index (χ2n) is 2.44. The van der Waals surface area contributed by atoms with Gasteiger partial charge < -0.3 is 9.94 Å². The van der Waals surface area contributed by atoms with Crippen molar-refractivity contribution >= 4 is 6.21 Å². The summed E-state index contributed by atoms with van der Waals surface area (Å²) < 4.78 is 5.08. The van der Waals surface area contributed by atoms with E-state index < -0.39 is 0 Å². The van der Waals surface area contributed by atoms with E-state index in [2.05, 4.69) is 5.16 Å². The lowest BCUT2D eigenvalue weighted by atomic mass is 10.1. The predicted octanol–water partition coefficient (Wildman–Crippen LogP) is 1.81. The molecule has 1 aromatic rings. The second kappa shape index (κ2) is 3.76. The molecule has 0 aromatic heterocycles. The molecule has 0 unspecified atom stereocenters. The minimum Gasteiger partial charge on any atom is -0.496 e. The average Bonchev–Trinajstić information content (AvgIpc) is 2.09. The van der Waals surface area contributed by atoms with Gasteiger partial charge in [0.2, 0.25) is 0 Å². The molecule has 0 aliphatic heterocycles. The van der Waals surface area contributed by atoms with E-state index in [9.17, 15) is 0 Å². The normalized spacial score (nSPS) is 10.5. The summed E-state index contributed by atoms with van der Waals surface area (Å²) in [7, 11) is 1.59. The highest BCUT2D eigenvalue weighted by Crippen LogP contribution is 2.19. The van der Waals surface area contributed by atoms with Gasteiger partial charge in [-0.3, -0.25) is 0 Å². The summed E-state index contributed by atoms with van der Waals surface area (Å²) in [6, 6.07) is 5.65. The van der Waals surface area contributed by atoms with E-state index in [1.165, 1.54) is 6.21 Å². The Kier molecular flexibility index (Phi) is 2.69. The summed E-state index contributed by atoms with van der Waals surface area (Å²) in [6.07, 6.45) is 1.37. The van der Waals surface area contributed by atoms with Crippen molar-refractivity contribution in [1.29, 1.82) is 0 Å². The molecule has 3 heteroatoms. The Bertz CT molecular complexity index is 295. The third kappa shape index (κ3) is 1.56. The van der Waals surface area contributed by atoms with Gasteiger partial charge in [0.1, 0.15) is 5.75 Å². The van der Waals surface area contributed by atoms with Gasteiger partial charge in [-0.2, -0.15) is 0 Å². The van der Waals surface area contributed by atoms with E-state index in [4.69, 9.17) is 9.94 Å². The van der Waals surface area contributed by atoms with Gasteiger partial charge in [0.25, 0.3) is 0 Å². The van der Waals surface area contributed by atoms with Crippen LogP contribution >= 0.6 is 0 Å². The van der Waals surface area contributed by atoms with Gasteiger partial charge in [0, 0.05) is 5.56 Å². The molecule has 3 nitrogen and oxygen atoms in total. The molecule has 0 radical (unpaired) electrons. The summed E-state index contributed by atoms with van der Waals surface area (Å²) in [5.41, 5.74) is 1.83. The minimum atomic E-state index is 0.716. The van der Waals surface area contributed by atoms with E-state index in [-0.39, 0.29) is 0 Å². The largest absolute Gasteiger partial charge is 0.496 e. The second-order valence-corrected chi connectivity index (χ2v) is 2.44. The van der Waals surface area contributed by atoms with Crippen molar-refractivity contribution < 1.29 is 9.94 Å². The SMILES string of the molecule is COc1cccc(C)c1C=NO. The van der Waals surface area contributed by atoms with Crippen molar-refractivity contribution in [1.82, 2.24) is 0 Å². The van der Waals surface area contributed by atoms with E-state index in [1.54, 1.807) is 7.11 Å². The number of benzene rings is 1. The summed E-state index contributed by atoms with van der Waals surface area (Å²) in [4.78, 5) is 0. The van der Waals surface area contributed by atoms with Crippen LogP contribution in [0.2, 0.25) is 0 Å². The summed E-state index contributed by atoms with van der Waals surface area (Å²) in [5.74, 6) is 0.716. The maximum Gasteiger partial charge on any atom is 0.128 e. The lowest BCUT2D eigenvalue weighted by Crippen LogP contribution is -1.93. The Morgan fingerprint density at radius 2 is 2.25 bits per heavy atom. The Morgan fingerprint density at radius 1 is 1.50 bits per heavy atom. The molecule has 64 valence electrons. The lowest BCUT2D eigenvalue weighted by Gasteiger charge is -2.05. The van der Waals surface area contributed by atoms with Crippen molar-refractivity contribution in [2.24, 2.45) is 5.16 Å². The van der Waals surface area contributed by atoms with E-state index >= 15 is 0 Å². The zero-order chi connectivity index (χ0) is 8.97. The molecule has 0 saturated heterocycles. The first kappa shape index (κ1) is 8.59. The summed E-state index contributed by atoms with van der Waals surface area (Å²) in [5, 5.41) is 11.3. The molecule has 0 bridgehead atoms. The van der Waals surface area contributed by atoms with E-state index in [0.29, 0.717) is 5.75 Å².